The summed E-state index contributed by atoms with van der Waals surface area (Å²) in [7, 11) is 2.14. The van der Waals surface area contributed by atoms with Gasteiger partial charge in [-0.1, -0.05) is 0 Å². The van der Waals surface area contributed by atoms with Gasteiger partial charge in [0.2, 0.25) is 0 Å². The Balaban J connectivity index is 1.26. The summed E-state index contributed by atoms with van der Waals surface area (Å²) in [4.78, 5) is 24.3. The quantitative estimate of drug-likeness (QED) is 0.368. The summed E-state index contributed by atoms with van der Waals surface area (Å²) in [5, 5.41) is 7.98. The number of likely N-dealkylation sites (N-methyl/N-ethyl adjacent to an activating group) is 1. The van der Waals surface area contributed by atoms with E-state index in [1.807, 2.05) is 18.3 Å². The number of nitrogens with one attached hydrogen (secondary N) is 2. The molecule has 2 saturated heterocycles. The van der Waals surface area contributed by atoms with Gasteiger partial charge in [-0.25, -0.2) is 14.4 Å². The molecule has 194 valence electrons. The number of hydrogen-bond acceptors (Lipinski definition) is 7. The van der Waals surface area contributed by atoms with Gasteiger partial charge in [-0.2, -0.15) is 5.10 Å². The molecule has 9 nitrogen and oxygen atoms in total. The van der Waals surface area contributed by atoms with Crippen LogP contribution >= 0.6 is 0 Å². The van der Waals surface area contributed by atoms with E-state index in [1.54, 1.807) is 12.4 Å². The number of halogens is 1. The Morgan fingerprint density at radius 3 is 2.66 bits per heavy atom. The fourth-order valence-electron chi connectivity index (χ4n) is 5.68. The van der Waals surface area contributed by atoms with Gasteiger partial charge in [0.15, 0.2) is 17.3 Å². The fraction of sp³-hybridized carbons (Fsp3) is 0.357. The van der Waals surface area contributed by atoms with Crippen molar-refractivity contribution in [2.24, 2.45) is 0 Å². The molecule has 1 aromatic carbocycles. The van der Waals surface area contributed by atoms with E-state index in [0.717, 1.165) is 73.7 Å². The number of anilines is 1. The van der Waals surface area contributed by atoms with Gasteiger partial charge in [-0.15, -0.1) is 0 Å². The van der Waals surface area contributed by atoms with Crippen molar-refractivity contribution >= 4 is 27.8 Å². The number of imidazole rings is 1. The van der Waals surface area contributed by atoms with Crippen LogP contribution < -0.4 is 4.90 Å². The summed E-state index contributed by atoms with van der Waals surface area (Å²) < 4.78 is 15.3. The van der Waals surface area contributed by atoms with Gasteiger partial charge in [0.05, 0.1) is 5.69 Å². The van der Waals surface area contributed by atoms with E-state index in [0.29, 0.717) is 22.6 Å². The third kappa shape index (κ3) is 4.19. The largest absolute Gasteiger partial charge is 0.367 e. The molecule has 2 fully saturated rings. The lowest BCUT2D eigenvalue weighted by Crippen LogP contribution is -2.44. The van der Waals surface area contributed by atoms with E-state index in [2.05, 4.69) is 53.0 Å². The second kappa shape index (κ2) is 9.45. The van der Waals surface area contributed by atoms with Gasteiger partial charge >= 0.3 is 0 Å². The number of hydrogen-bond donors (Lipinski definition) is 2. The maximum absolute atomic E-state index is 15.3. The van der Waals surface area contributed by atoms with Crippen LogP contribution in [-0.2, 0) is 6.54 Å². The highest BCUT2D eigenvalue weighted by Gasteiger charge is 2.21. The fourth-order valence-corrected chi connectivity index (χ4v) is 5.68. The lowest BCUT2D eigenvalue weighted by Gasteiger charge is -2.34. The number of pyridine rings is 2. The number of nitrogens with zero attached hydrogens (tertiary/aromatic N) is 7. The average Bonchev–Trinajstić information content (AvgIpc) is 3.69. The van der Waals surface area contributed by atoms with Crippen LogP contribution in [-0.4, -0.2) is 86.2 Å². The topological polar surface area (TPSA) is 92.9 Å². The number of aromatic amines is 2. The highest BCUT2D eigenvalue weighted by molar-refractivity contribution is 5.97. The molecule has 0 spiro atoms. The molecule has 0 bridgehead atoms. The van der Waals surface area contributed by atoms with Crippen LogP contribution in [0.2, 0.25) is 0 Å². The molecule has 0 aliphatic carbocycles. The minimum atomic E-state index is -0.377. The number of aromatic nitrogens is 6. The number of H-pyrrole nitrogens is 2. The molecule has 7 rings (SSSR count). The van der Waals surface area contributed by atoms with Crippen molar-refractivity contribution in [2.75, 3.05) is 51.2 Å². The number of likely N-dealkylation sites (tertiary alicyclic amines) is 1. The van der Waals surface area contributed by atoms with Crippen molar-refractivity contribution in [2.45, 2.75) is 19.4 Å². The van der Waals surface area contributed by atoms with Gasteiger partial charge in [-0.05, 0) is 68.4 Å². The van der Waals surface area contributed by atoms with Crippen molar-refractivity contribution in [3.8, 4) is 22.6 Å². The van der Waals surface area contributed by atoms with E-state index in [9.17, 15) is 0 Å². The Labute approximate surface area is 219 Å². The lowest BCUT2D eigenvalue weighted by atomic mass is 10.0. The molecule has 5 aromatic rings. The van der Waals surface area contributed by atoms with E-state index < -0.39 is 0 Å². The maximum atomic E-state index is 15.3. The minimum absolute atomic E-state index is 0.289. The summed E-state index contributed by atoms with van der Waals surface area (Å²) in [6.07, 6.45) is 7.98. The predicted molar refractivity (Wildman–Crippen MR) is 146 cm³/mol. The number of benzene rings is 1. The van der Waals surface area contributed by atoms with Gasteiger partial charge < -0.3 is 14.8 Å². The van der Waals surface area contributed by atoms with Crippen molar-refractivity contribution < 1.29 is 4.39 Å². The molecule has 0 unspecified atom stereocenters. The highest BCUT2D eigenvalue weighted by atomic mass is 19.1. The molecule has 38 heavy (non-hydrogen) atoms. The minimum Gasteiger partial charge on any atom is -0.367 e. The van der Waals surface area contributed by atoms with Gasteiger partial charge in [0.1, 0.15) is 16.7 Å². The van der Waals surface area contributed by atoms with Crippen molar-refractivity contribution in [3.63, 3.8) is 0 Å². The van der Waals surface area contributed by atoms with Gasteiger partial charge in [0, 0.05) is 62.3 Å². The van der Waals surface area contributed by atoms with Gasteiger partial charge in [-0.3, -0.25) is 15.0 Å². The Kier molecular flexibility index (Phi) is 5.78. The molecular weight excluding hydrogens is 481 g/mol. The first-order valence-electron chi connectivity index (χ1n) is 13.3. The van der Waals surface area contributed by atoms with E-state index in [-0.39, 0.29) is 11.3 Å². The molecule has 2 N–H and O–H groups in total. The second-order valence-electron chi connectivity index (χ2n) is 10.4. The standard InChI is InChI=1S/C28H30FN9/c1-36-8-10-38(11-9-36)23-4-5-31-27-26(23)32-28(33-27)25-21-13-19(14-22(29)24(21)34-35-25)20-12-18(15-30-16-20)17-37-6-2-3-7-37/h4-5,12-16H,2-3,6-11,17H2,1H3,(H,34,35)(H,31,32,33). The molecule has 2 aliphatic heterocycles. The average molecular weight is 512 g/mol. The van der Waals surface area contributed by atoms with Crippen LogP contribution in [0.15, 0.2) is 42.9 Å². The van der Waals surface area contributed by atoms with Crippen LogP contribution in [0.1, 0.15) is 18.4 Å². The van der Waals surface area contributed by atoms with E-state index in [1.165, 1.54) is 18.9 Å². The summed E-state index contributed by atoms with van der Waals surface area (Å²) in [6.45, 7) is 6.99. The smallest absolute Gasteiger partial charge is 0.180 e. The van der Waals surface area contributed by atoms with Crippen molar-refractivity contribution in [1.82, 2.24) is 39.9 Å². The first kappa shape index (κ1) is 23.2. The number of fused-ring (bicyclic) bond motifs is 2. The molecule has 0 saturated carbocycles. The SMILES string of the molecule is CN1CCN(c2ccnc3nc(-c4[nH]nc5c(F)cc(-c6cncc(CN7CCCC7)c6)cc45)[nH]c23)CC1. The molecule has 0 amide bonds. The molecule has 6 heterocycles. The summed E-state index contributed by atoms with van der Waals surface area (Å²) in [6, 6.07) is 7.64. The lowest BCUT2D eigenvalue weighted by molar-refractivity contribution is 0.313. The third-order valence-electron chi connectivity index (χ3n) is 7.80. The van der Waals surface area contributed by atoms with Crippen molar-refractivity contribution in [3.05, 3.63) is 54.2 Å². The summed E-state index contributed by atoms with van der Waals surface area (Å²) in [5.74, 6) is 0.214. The summed E-state index contributed by atoms with van der Waals surface area (Å²) >= 11 is 0. The zero-order valence-electron chi connectivity index (χ0n) is 21.4. The Bertz CT molecular complexity index is 1610. The Hall–Kier alpha value is -3.89. The normalized spacial score (nSPS) is 17.3. The Morgan fingerprint density at radius 2 is 1.82 bits per heavy atom. The maximum Gasteiger partial charge on any atom is 0.180 e. The third-order valence-corrected chi connectivity index (χ3v) is 7.80. The highest BCUT2D eigenvalue weighted by Crippen LogP contribution is 2.33. The van der Waals surface area contributed by atoms with Gasteiger partial charge in [0.25, 0.3) is 0 Å². The zero-order chi connectivity index (χ0) is 25.6. The molecule has 4 aromatic heterocycles. The first-order chi connectivity index (χ1) is 18.6. The monoisotopic (exact) mass is 511 g/mol. The molecule has 0 radical (unpaired) electrons. The zero-order valence-corrected chi connectivity index (χ0v) is 21.4. The Morgan fingerprint density at radius 1 is 0.974 bits per heavy atom. The summed E-state index contributed by atoms with van der Waals surface area (Å²) in [5.41, 5.74) is 6.32. The molecule has 10 heteroatoms. The van der Waals surface area contributed by atoms with E-state index >= 15 is 4.39 Å². The first-order valence-corrected chi connectivity index (χ1v) is 13.3. The van der Waals surface area contributed by atoms with Crippen molar-refractivity contribution in [1.29, 1.82) is 0 Å². The second-order valence-corrected chi connectivity index (χ2v) is 10.4. The predicted octanol–water partition coefficient (Wildman–Crippen LogP) is 4.05. The van der Waals surface area contributed by atoms with Crippen LogP contribution in [0.5, 0.6) is 0 Å². The molecule has 2 aliphatic rings. The molecular formula is C28H30FN9. The van der Waals surface area contributed by atoms with Crippen LogP contribution in [0.4, 0.5) is 10.1 Å². The number of rotatable bonds is 5. The van der Waals surface area contributed by atoms with Crippen LogP contribution in [0.25, 0.3) is 44.7 Å². The molecule has 0 atom stereocenters. The van der Waals surface area contributed by atoms with Crippen LogP contribution in [0.3, 0.4) is 0 Å². The van der Waals surface area contributed by atoms with Crippen LogP contribution in [0, 0.1) is 5.82 Å². The van der Waals surface area contributed by atoms with E-state index in [4.69, 9.17) is 4.98 Å². The number of piperazine rings is 1.